The summed E-state index contributed by atoms with van der Waals surface area (Å²) < 4.78 is 2.19. The fourth-order valence-corrected chi connectivity index (χ4v) is 2.04. The largest absolute Gasteiger partial charge is 0.304 e. The first kappa shape index (κ1) is 13.0. The topological polar surface area (TPSA) is 63.6 Å². The van der Waals surface area contributed by atoms with E-state index >= 15 is 0 Å². The van der Waals surface area contributed by atoms with Crippen LogP contribution >= 0.6 is 15.9 Å². The quantitative estimate of drug-likeness (QED) is 0.944. The van der Waals surface area contributed by atoms with Crippen LogP contribution in [0.5, 0.6) is 0 Å². The van der Waals surface area contributed by atoms with Crippen molar-refractivity contribution in [2.24, 2.45) is 13.0 Å². The highest BCUT2D eigenvalue weighted by Gasteiger charge is 2.12. The average Bonchev–Trinajstić information content (AvgIpc) is 2.70. The molecule has 0 amide bonds. The predicted octanol–water partition coefficient (Wildman–Crippen LogP) is 2.13. The molecule has 0 saturated carbocycles. The summed E-state index contributed by atoms with van der Waals surface area (Å²) in [6.45, 7) is 4.19. The number of aryl methyl sites for hydroxylation is 1. The smallest absolute Gasteiger partial charge is 0.265 e. The van der Waals surface area contributed by atoms with Crippen LogP contribution in [0.4, 0.5) is 0 Å². The van der Waals surface area contributed by atoms with E-state index in [2.05, 4.69) is 44.8 Å². The van der Waals surface area contributed by atoms with Gasteiger partial charge < -0.3 is 4.98 Å². The monoisotopic (exact) mass is 310 g/mol. The lowest BCUT2D eigenvalue weighted by Gasteiger charge is -2.07. The molecule has 0 saturated heterocycles. The van der Waals surface area contributed by atoms with Crippen molar-refractivity contribution >= 4 is 15.9 Å². The molecule has 0 radical (unpaired) electrons. The van der Waals surface area contributed by atoms with Crippen LogP contribution in [0, 0.1) is 5.92 Å². The number of aromatic nitrogens is 4. The van der Waals surface area contributed by atoms with E-state index in [0.717, 1.165) is 12.1 Å². The standard InChI is InChI=1S/C12H15BrN4O/c1-7(2)6-9-10(13)12(18)15-11(14-9)8-4-5-17(3)16-8/h4-5,7H,6H2,1-3H3,(H,14,15,18). The lowest BCUT2D eigenvalue weighted by Crippen LogP contribution is -2.15. The minimum atomic E-state index is -0.165. The Morgan fingerprint density at radius 3 is 2.78 bits per heavy atom. The second-order valence-electron chi connectivity index (χ2n) is 4.65. The van der Waals surface area contributed by atoms with E-state index in [4.69, 9.17) is 0 Å². The van der Waals surface area contributed by atoms with Crippen LogP contribution in [0.3, 0.4) is 0 Å². The molecule has 5 nitrogen and oxygen atoms in total. The zero-order valence-corrected chi connectivity index (χ0v) is 12.2. The van der Waals surface area contributed by atoms with Crippen molar-refractivity contribution in [3.8, 4) is 11.5 Å². The van der Waals surface area contributed by atoms with E-state index in [1.165, 1.54) is 0 Å². The average molecular weight is 311 g/mol. The Hall–Kier alpha value is -1.43. The molecule has 1 N–H and O–H groups in total. The minimum absolute atomic E-state index is 0.165. The van der Waals surface area contributed by atoms with Gasteiger partial charge in [-0.15, -0.1) is 0 Å². The first-order chi connectivity index (χ1) is 8.47. The molecule has 0 bridgehead atoms. The predicted molar refractivity (Wildman–Crippen MR) is 73.3 cm³/mol. The third-order valence-electron chi connectivity index (χ3n) is 2.49. The molecule has 0 spiro atoms. The van der Waals surface area contributed by atoms with Gasteiger partial charge in [0.05, 0.1) is 5.69 Å². The number of nitrogens with zero attached hydrogens (tertiary/aromatic N) is 3. The molecule has 0 aromatic carbocycles. The second-order valence-corrected chi connectivity index (χ2v) is 5.44. The molecule has 0 aliphatic carbocycles. The molecule has 0 unspecified atom stereocenters. The summed E-state index contributed by atoms with van der Waals surface area (Å²) in [5.41, 5.74) is 1.28. The van der Waals surface area contributed by atoms with Gasteiger partial charge in [0, 0.05) is 13.2 Å². The molecular formula is C12H15BrN4O. The third-order valence-corrected chi connectivity index (χ3v) is 3.31. The van der Waals surface area contributed by atoms with Gasteiger partial charge in [-0.25, -0.2) is 4.98 Å². The van der Waals surface area contributed by atoms with Crippen molar-refractivity contribution in [1.82, 2.24) is 19.7 Å². The number of aromatic amines is 1. The molecule has 96 valence electrons. The minimum Gasteiger partial charge on any atom is -0.304 e. The Balaban J connectivity index is 2.50. The van der Waals surface area contributed by atoms with Crippen molar-refractivity contribution in [1.29, 1.82) is 0 Å². The maximum absolute atomic E-state index is 11.8. The van der Waals surface area contributed by atoms with Crippen LogP contribution in [0.25, 0.3) is 11.5 Å². The van der Waals surface area contributed by atoms with Gasteiger partial charge in [-0.05, 0) is 34.3 Å². The maximum atomic E-state index is 11.8. The lowest BCUT2D eigenvalue weighted by atomic mass is 10.1. The Morgan fingerprint density at radius 1 is 1.50 bits per heavy atom. The zero-order chi connectivity index (χ0) is 13.3. The molecule has 0 aliphatic rings. The van der Waals surface area contributed by atoms with Crippen molar-refractivity contribution in [3.05, 3.63) is 32.8 Å². The molecule has 2 rings (SSSR count). The van der Waals surface area contributed by atoms with E-state index in [1.807, 2.05) is 19.3 Å². The Labute approximate surface area is 113 Å². The zero-order valence-electron chi connectivity index (χ0n) is 10.6. The summed E-state index contributed by atoms with van der Waals surface area (Å²) in [6.07, 6.45) is 2.57. The maximum Gasteiger partial charge on any atom is 0.265 e. The summed E-state index contributed by atoms with van der Waals surface area (Å²) in [5, 5.41) is 4.24. The van der Waals surface area contributed by atoms with Gasteiger partial charge in [0.2, 0.25) is 0 Å². The van der Waals surface area contributed by atoms with Gasteiger partial charge >= 0.3 is 0 Å². The Bertz CT molecular complexity index is 615. The van der Waals surface area contributed by atoms with Crippen LogP contribution < -0.4 is 5.56 Å². The third kappa shape index (κ3) is 2.69. The number of hydrogen-bond acceptors (Lipinski definition) is 3. The van der Waals surface area contributed by atoms with E-state index < -0.39 is 0 Å². The van der Waals surface area contributed by atoms with E-state index in [1.54, 1.807) is 4.68 Å². The number of nitrogens with one attached hydrogen (secondary N) is 1. The highest BCUT2D eigenvalue weighted by atomic mass is 79.9. The van der Waals surface area contributed by atoms with Crippen molar-refractivity contribution < 1.29 is 0 Å². The summed E-state index contributed by atoms with van der Waals surface area (Å²) in [7, 11) is 1.83. The number of hydrogen-bond donors (Lipinski definition) is 1. The van der Waals surface area contributed by atoms with Gasteiger partial charge in [0.1, 0.15) is 10.2 Å². The molecular weight excluding hydrogens is 296 g/mol. The molecule has 0 aliphatic heterocycles. The number of rotatable bonds is 3. The highest BCUT2D eigenvalue weighted by molar-refractivity contribution is 9.10. The molecule has 2 aromatic heterocycles. The second kappa shape index (κ2) is 5.06. The Kier molecular flexibility index (Phi) is 3.65. The SMILES string of the molecule is CC(C)Cc1nc(-c2ccn(C)n2)[nH]c(=O)c1Br. The number of H-pyrrole nitrogens is 1. The van der Waals surface area contributed by atoms with E-state index in [-0.39, 0.29) is 5.56 Å². The van der Waals surface area contributed by atoms with Crippen molar-refractivity contribution in [2.75, 3.05) is 0 Å². The highest BCUT2D eigenvalue weighted by Crippen LogP contribution is 2.17. The first-order valence-electron chi connectivity index (χ1n) is 5.76. The molecule has 2 aromatic rings. The first-order valence-corrected chi connectivity index (χ1v) is 6.55. The van der Waals surface area contributed by atoms with E-state index in [0.29, 0.717) is 21.9 Å². The summed E-state index contributed by atoms with van der Waals surface area (Å²) >= 11 is 3.29. The Morgan fingerprint density at radius 2 is 2.22 bits per heavy atom. The molecule has 6 heteroatoms. The van der Waals surface area contributed by atoms with Crippen LogP contribution in [-0.4, -0.2) is 19.7 Å². The van der Waals surface area contributed by atoms with Crippen LogP contribution in [0.15, 0.2) is 21.5 Å². The van der Waals surface area contributed by atoms with E-state index in [9.17, 15) is 4.79 Å². The summed E-state index contributed by atoms with van der Waals surface area (Å²) in [4.78, 5) is 19.1. The van der Waals surface area contributed by atoms with Crippen molar-refractivity contribution in [3.63, 3.8) is 0 Å². The fraction of sp³-hybridized carbons (Fsp3) is 0.417. The van der Waals surface area contributed by atoms with Gasteiger partial charge in [-0.2, -0.15) is 5.10 Å². The van der Waals surface area contributed by atoms with Gasteiger partial charge in [0.25, 0.3) is 5.56 Å². The fourth-order valence-electron chi connectivity index (χ4n) is 1.69. The van der Waals surface area contributed by atoms with Crippen LogP contribution in [-0.2, 0) is 13.5 Å². The van der Waals surface area contributed by atoms with Gasteiger partial charge in [-0.3, -0.25) is 9.48 Å². The molecule has 0 fully saturated rings. The molecule has 2 heterocycles. The van der Waals surface area contributed by atoms with Gasteiger partial charge in [-0.1, -0.05) is 13.8 Å². The number of halogens is 1. The lowest BCUT2D eigenvalue weighted by molar-refractivity contribution is 0.631. The molecule has 18 heavy (non-hydrogen) atoms. The normalized spacial score (nSPS) is 11.2. The van der Waals surface area contributed by atoms with Crippen molar-refractivity contribution in [2.45, 2.75) is 20.3 Å². The summed E-state index contributed by atoms with van der Waals surface area (Å²) in [5.74, 6) is 0.951. The van der Waals surface area contributed by atoms with Gasteiger partial charge in [0.15, 0.2) is 5.82 Å². The molecule has 0 atom stereocenters. The van der Waals surface area contributed by atoms with Crippen LogP contribution in [0.2, 0.25) is 0 Å². The van der Waals surface area contributed by atoms with Crippen LogP contribution in [0.1, 0.15) is 19.5 Å². The summed E-state index contributed by atoms with van der Waals surface area (Å²) in [6, 6.07) is 1.82.